The minimum Gasteiger partial charge on any atom is -0.478 e. The van der Waals surface area contributed by atoms with Crippen LogP contribution in [0.4, 0.5) is 13.2 Å². The van der Waals surface area contributed by atoms with Crippen molar-refractivity contribution in [2.24, 2.45) is 0 Å². The Hall–Kier alpha value is -1.52. The van der Waals surface area contributed by atoms with Crippen LogP contribution in [-0.2, 0) is 12.6 Å². The van der Waals surface area contributed by atoms with Crippen LogP contribution in [0.3, 0.4) is 0 Å². The van der Waals surface area contributed by atoms with Crippen molar-refractivity contribution >= 4 is 5.97 Å². The number of carbonyl (C=O) groups is 1. The van der Waals surface area contributed by atoms with Gasteiger partial charge in [0, 0.05) is 0 Å². The molecule has 106 valence electrons. The Balaban J connectivity index is 3.04. The van der Waals surface area contributed by atoms with Gasteiger partial charge in [0.05, 0.1) is 11.1 Å². The first kappa shape index (κ1) is 15.5. The fraction of sp³-hybridized carbons (Fsp3) is 0.500. The summed E-state index contributed by atoms with van der Waals surface area (Å²) in [5.74, 6) is -1.31. The number of hydrogen-bond acceptors (Lipinski definition) is 1. The zero-order valence-corrected chi connectivity index (χ0v) is 10.8. The van der Waals surface area contributed by atoms with Crippen molar-refractivity contribution in [3.63, 3.8) is 0 Å². The molecule has 1 aromatic carbocycles. The number of benzene rings is 1. The molecule has 2 nitrogen and oxygen atoms in total. The Morgan fingerprint density at radius 2 is 1.89 bits per heavy atom. The molecule has 0 aliphatic carbocycles. The predicted molar refractivity (Wildman–Crippen MR) is 66.2 cm³/mol. The first-order valence-electron chi connectivity index (χ1n) is 6.30. The lowest BCUT2D eigenvalue weighted by atomic mass is 9.95. The van der Waals surface area contributed by atoms with E-state index < -0.39 is 17.7 Å². The molecule has 0 aliphatic rings. The molecule has 1 rings (SSSR count). The normalized spacial score (nSPS) is 11.6. The van der Waals surface area contributed by atoms with E-state index in [-0.39, 0.29) is 17.5 Å². The standard InChI is InChI=1S/C14H17F3O2/c1-2-3-4-5-7-10-11(13(18)19)8-6-9-12(10)14(15,16)17/h6,8-9H,2-5,7H2,1H3,(H,18,19). The Labute approximate surface area is 110 Å². The maximum atomic E-state index is 12.9. The number of rotatable bonds is 6. The Morgan fingerprint density at radius 3 is 2.42 bits per heavy atom. The highest BCUT2D eigenvalue weighted by Gasteiger charge is 2.34. The van der Waals surface area contributed by atoms with Gasteiger partial charge in [0.1, 0.15) is 0 Å². The molecule has 0 radical (unpaired) electrons. The molecule has 0 bridgehead atoms. The zero-order valence-electron chi connectivity index (χ0n) is 10.8. The van der Waals surface area contributed by atoms with Gasteiger partial charge in [-0.2, -0.15) is 13.2 Å². The van der Waals surface area contributed by atoms with Crippen LogP contribution in [0, 0.1) is 0 Å². The molecule has 19 heavy (non-hydrogen) atoms. The first-order valence-corrected chi connectivity index (χ1v) is 6.30. The van der Waals surface area contributed by atoms with Gasteiger partial charge in [-0.1, -0.05) is 32.3 Å². The van der Waals surface area contributed by atoms with Gasteiger partial charge < -0.3 is 5.11 Å². The molecule has 1 N–H and O–H groups in total. The number of carboxylic acid groups (broad SMARTS) is 1. The van der Waals surface area contributed by atoms with Crippen LogP contribution < -0.4 is 0 Å². The Bertz CT molecular complexity index is 439. The van der Waals surface area contributed by atoms with Gasteiger partial charge >= 0.3 is 12.1 Å². The Morgan fingerprint density at radius 1 is 1.21 bits per heavy atom. The summed E-state index contributed by atoms with van der Waals surface area (Å²) in [6.45, 7) is 2.01. The second-order valence-corrected chi connectivity index (χ2v) is 4.45. The third kappa shape index (κ3) is 4.26. The van der Waals surface area contributed by atoms with Crippen LogP contribution >= 0.6 is 0 Å². The van der Waals surface area contributed by atoms with Crippen molar-refractivity contribution in [3.8, 4) is 0 Å². The van der Waals surface area contributed by atoms with Crippen molar-refractivity contribution in [1.29, 1.82) is 0 Å². The minimum atomic E-state index is -4.51. The molecule has 0 aliphatic heterocycles. The van der Waals surface area contributed by atoms with E-state index >= 15 is 0 Å². The van der Waals surface area contributed by atoms with E-state index in [1.165, 1.54) is 6.07 Å². The van der Waals surface area contributed by atoms with E-state index in [9.17, 15) is 18.0 Å². The summed E-state index contributed by atoms with van der Waals surface area (Å²) in [5.41, 5.74) is -1.17. The monoisotopic (exact) mass is 274 g/mol. The van der Waals surface area contributed by atoms with E-state index in [2.05, 4.69) is 0 Å². The second kappa shape index (κ2) is 6.59. The van der Waals surface area contributed by atoms with E-state index in [0.717, 1.165) is 31.4 Å². The van der Waals surface area contributed by atoms with Crippen LogP contribution in [0.25, 0.3) is 0 Å². The maximum absolute atomic E-state index is 12.9. The van der Waals surface area contributed by atoms with E-state index in [4.69, 9.17) is 5.11 Å². The molecule has 0 saturated carbocycles. The van der Waals surface area contributed by atoms with Crippen LogP contribution in [-0.4, -0.2) is 11.1 Å². The molecule has 0 aromatic heterocycles. The predicted octanol–water partition coefficient (Wildman–Crippen LogP) is 4.53. The highest BCUT2D eigenvalue weighted by Crippen LogP contribution is 2.34. The number of hydrogen-bond donors (Lipinski definition) is 1. The van der Waals surface area contributed by atoms with Gasteiger partial charge in [-0.05, 0) is 30.5 Å². The summed E-state index contributed by atoms with van der Waals surface area (Å²) in [6.07, 6.45) is -1.06. The Kier molecular flexibility index (Phi) is 5.39. The summed E-state index contributed by atoms with van der Waals surface area (Å²) in [7, 11) is 0. The van der Waals surface area contributed by atoms with Gasteiger partial charge in [0.15, 0.2) is 0 Å². The van der Waals surface area contributed by atoms with Crippen LogP contribution in [0.15, 0.2) is 18.2 Å². The molecule has 1 aromatic rings. The largest absolute Gasteiger partial charge is 0.478 e. The van der Waals surface area contributed by atoms with Crippen molar-refractivity contribution in [3.05, 3.63) is 34.9 Å². The third-order valence-electron chi connectivity index (χ3n) is 2.99. The van der Waals surface area contributed by atoms with Crippen molar-refractivity contribution < 1.29 is 23.1 Å². The minimum absolute atomic E-state index is 0.0985. The molecule has 0 saturated heterocycles. The lowest BCUT2D eigenvalue weighted by Gasteiger charge is -2.15. The summed E-state index contributed by atoms with van der Waals surface area (Å²) in [6, 6.07) is 3.32. The molecular weight excluding hydrogens is 257 g/mol. The average Bonchev–Trinajstić information content (AvgIpc) is 2.33. The van der Waals surface area contributed by atoms with Crippen LogP contribution in [0.1, 0.15) is 54.1 Å². The van der Waals surface area contributed by atoms with Crippen molar-refractivity contribution in [2.45, 2.75) is 45.2 Å². The number of aromatic carboxylic acids is 1. The van der Waals surface area contributed by atoms with Crippen LogP contribution in [0.5, 0.6) is 0 Å². The fourth-order valence-electron chi connectivity index (χ4n) is 2.05. The van der Waals surface area contributed by atoms with Gasteiger partial charge in [0.25, 0.3) is 0 Å². The molecule has 0 fully saturated rings. The van der Waals surface area contributed by atoms with E-state index in [1.54, 1.807) is 0 Å². The zero-order chi connectivity index (χ0) is 14.5. The molecular formula is C14H17F3O2. The van der Waals surface area contributed by atoms with Gasteiger partial charge in [-0.25, -0.2) is 4.79 Å². The number of carboxylic acids is 1. The lowest BCUT2D eigenvalue weighted by Crippen LogP contribution is -2.13. The number of alkyl halides is 3. The van der Waals surface area contributed by atoms with Gasteiger partial charge in [0.2, 0.25) is 0 Å². The third-order valence-corrected chi connectivity index (χ3v) is 2.99. The average molecular weight is 274 g/mol. The van der Waals surface area contributed by atoms with E-state index in [0.29, 0.717) is 6.42 Å². The molecule has 0 unspecified atom stereocenters. The summed E-state index contributed by atoms with van der Waals surface area (Å²) < 4.78 is 38.6. The molecule has 0 heterocycles. The van der Waals surface area contributed by atoms with E-state index in [1.807, 2.05) is 6.92 Å². The smallest absolute Gasteiger partial charge is 0.416 e. The summed E-state index contributed by atoms with van der Waals surface area (Å²) in [5, 5.41) is 8.99. The molecule has 0 atom stereocenters. The number of halogens is 3. The molecule has 0 amide bonds. The summed E-state index contributed by atoms with van der Waals surface area (Å²) in [4.78, 5) is 11.0. The lowest BCUT2D eigenvalue weighted by molar-refractivity contribution is -0.138. The van der Waals surface area contributed by atoms with Crippen molar-refractivity contribution in [1.82, 2.24) is 0 Å². The molecule has 0 spiro atoms. The van der Waals surface area contributed by atoms with Crippen LogP contribution in [0.2, 0.25) is 0 Å². The van der Waals surface area contributed by atoms with Gasteiger partial charge in [-0.15, -0.1) is 0 Å². The fourth-order valence-corrected chi connectivity index (χ4v) is 2.05. The van der Waals surface area contributed by atoms with Crippen molar-refractivity contribution in [2.75, 3.05) is 0 Å². The maximum Gasteiger partial charge on any atom is 0.416 e. The topological polar surface area (TPSA) is 37.3 Å². The highest BCUT2D eigenvalue weighted by molar-refractivity contribution is 5.89. The number of unbranched alkanes of at least 4 members (excludes halogenated alkanes) is 3. The quantitative estimate of drug-likeness (QED) is 0.774. The first-order chi connectivity index (χ1) is 8.88. The highest BCUT2D eigenvalue weighted by atomic mass is 19.4. The molecule has 5 heteroatoms. The van der Waals surface area contributed by atoms with Gasteiger partial charge in [-0.3, -0.25) is 0 Å². The second-order valence-electron chi connectivity index (χ2n) is 4.45. The summed E-state index contributed by atoms with van der Waals surface area (Å²) >= 11 is 0. The SMILES string of the molecule is CCCCCCc1c(C(=O)O)cccc1C(F)(F)F.